The molecule has 2 heterocycles. The number of nitrogens with zero attached hydrogens (tertiary/aromatic N) is 3. The van der Waals surface area contributed by atoms with Gasteiger partial charge in [0.2, 0.25) is 5.91 Å². The molecule has 3 N–H and O–H groups in total. The lowest BCUT2D eigenvalue weighted by molar-refractivity contribution is -0.120. The molecule has 4 rings (SSSR count). The number of hydrogen-bond donors (Lipinski definition) is 3. The molecule has 0 spiro atoms. The molecule has 1 aliphatic carbocycles. The zero-order valence-corrected chi connectivity index (χ0v) is 14.7. The molecule has 1 amide bonds. The van der Waals surface area contributed by atoms with E-state index in [0.29, 0.717) is 19.4 Å². The highest BCUT2D eigenvalue weighted by molar-refractivity contribution is 5.89. The molecule has 2 aromatic heterocycles. The summed E-state index contributed by atoms with van der Waals surface area (Å²) in [5.74, 6) is 1.01. The zero-order valence-electron chi connectivity index (χ0n) is 14.7. The van der Waals surface area contributed by atoms with E-state index >= 15 is 0 Å². The van der Waals surface area contributed by atoms with Gasteiger partial charge in [-0.3, -0.25) is 9.89 Å². The van der Waals surface area contributed by atoms with Crippen molar-refractivity contribution in [2.45, 2.75) is 31.3 Å². The lowest BCUT2D eigenvalue weighted by atomic mass is 10.0. The molecule has 3 atom stereocenters. The number of aromatic amines is 1. The molecule has 0 bridgehead atoms. The molecule has 0 radical (unpaired) electrons. The molecule has 136 valence electrons. The largest absolute Gasteiger partial charge is 0.393 e. The van der Waals surface area contributed by atoms with Crippen LogP contribution < -0.4 is 5.32 Å². The number of benzene rings is 1. The van der Waals surface area contributed by atoms with E-state index in [4.69, 9.17) is 0 Å². The van der Waals surface area contributed by atoms with E-state index in [1.54, 1.807) is 0 Å². The second-order valence-corrected chi connectivity index (χ2v) is 7.13. The fourth-order valence-electron chi connectivity index (χ4n) is 4.00. The van der Waals surface area contributed by atoms with Crippen LogP contribution in [-0.4, -0.2) is 43.4 Å². The number of amides is 1. The number of aliphatic hydroxyl groups excluding tert-OH is 1. The molecular weight excluding hydrogens is 330 g/mol. The SMILES string of the molecule is Cn1cc(CC(=O)NC[C@@H]2C[C@@H](c3ncn[nH]3)C[C@@H]2O)c2ccccc21. The molecule has 1 fully saturated rings. The number of aliphatic hydroxyl groups is 1. The van der Waals surface area contributed by atoms with Crippen LogP contribution in [-0.2, 0) is 18.3 Å². The van der Waals surface area contributed by atoms with Gasteiger partial charge in [-0.1, -0.05) is 18.2 Å². The summed E-state index contributed by atoms with van der Waals surface area (Å²) in [6.45, 7) is 0.482. The standard InChI is InChI=1S/C19H23N5O2/c1-24-10-14(15-4-2-3-5-16(15)24)8-18(26)20-9-13-6-12(7-17(13)25)19-21-11-22-23-19/h2-5,10-13,17,25H,6-9H2,1H3,(H,20,26)(H,21,22,23)/t12-,13+,17+/m1/s1. The molecule has 7 heteroatoms. The van der Waals surface area contributed by atoms with Crippen LogP contribution in [0.15, 0.2) is 36.8 Å². The molecule has 1 saturated carbocycles. The van der Waals surface area contributed by atoms with Gasteiger partial charge < -0.3 is 15.0 Å². The molecule has 1 aliphatic rings. The first-order valence-corrected chi connectivity index (χ1v) is 8.94. The number of aryl methyl sites for hydroxylation is 1. The summed E-state index contributed by atoms with van der Waals surface area (Å²) < 4.78 is 2.04. The maximum atomic E-state index is 12.4. The lowest BCUT2D eigenvalue weighted by Crippen LogP contribution is -2.33. The summed E-state index contributed by atoms with van der Waals surface area (Å²) in [4.78, 5) is 16.6. The van der Waals surface area contributed by atoms with E-state index in [1.165, 1.54) is 6.33 Å². The van der Waals surface area contributed by atoms with Crippen LogP contribution in [0.4, 0.5) is 0 Å². The Labute approximate surface area is 151 Å². The van der Waals surface area contributed by atoms with Crippen LogP contribution in [0.2, 0.25) is 0 Å². The summed E-state index contributed by atoms with van der Waals surface area (Å²) in [6, 6.07) is 8.08. The van der Waals surface area contributed by atoms with E-state index in [-0.39, 0.29) is 17.7 Å². The van der Waals surface area contributed by atoms with Crippen LogP contribution in [0.1, 0.15) is 30.1 Å². The monoisotopic (exact) mass is 353 g/mol. The number of carbonyl (C=O) groups is 1. The smallest absolute Gasteiger partial charge is 0.224 e. The number of hydrogen-bond acceptors (Lipinski definition) is 4. The first-order chi connectivity index (χ1) is 12.6. The Bertz CT molecular complexity index is 902. The van der Waals surface area contributed by atoms with Crippen molar-refractivity contribution in [1.82, 2.24) is 25.1 Å². The molecule has 0 unspecified atom stereocenters. The Kier molecular flexibility index (Phi) is 4.46. The summed E-state index contributed by atoms with van der Waals surface area (Å²) in [6.07, 6.45) is 4.86. The zero-order chi connectivity index (χ0) is 18.1. The van der Waals surface area contributed by atoms with E-state index in [9.17, 15) is 9.90 Å². The number of fused-ring (bicyclic) bond motifs is 1. The molecular formula is C19H23N5O2. The topological polar surface area (TPSA) is 95.8 Å². The predicted octanol–water partition coefficient (Wildman–Crippen LogP) is 1.51. The maximum absolute atomic E-state index is 12.4. The van der Waals surface area contributed by atoms with Gasteiger partial charge in [-0.2, -0.15) is 5.10 Å². The molecule has 7 nitrogen and oxygen atoms in total. The van der Waals surface area contributed by atoms with Crippen LogP contribution >= 0.6 is 0 Å². The minimum absolute atomic E-state index is 0.0170. The Morgan fingerprint density at radius 3 is 3.04 bits per heavy atom. The van der Waals surface area contributed by atoms with Crippen molar-refractivity contribution in [2.75, 3.05) is 6.54 Å². The quantitative estimate of drug-likeness (QED) is 0.648. The third-order valence-electron chi connectivity index (χ3n) is 5.37. The number of para-hydroxylation sites is 1. The van der Waals surface area contributed by atoms with Crippen molar-refractivity contribution < 1.29 is 9.90 Å². The third-order valence-corrected chi connectivity index (χ3v) is 5.37. The second-order valence-electron chi connectivity index (χ2n) is 7.13. The fraction of sp³-hybridized carbons (Fsp3) is 0.421. The van der Waals surface area contributed by atoms with Crippen molar-refractivity contribution in [3.8, 4) is 0 Å². The molecule has 0 aliphatic heterocycles. The highest BCUT2D eigenvalue weighted by Crippen LogP contribution is 2.36. The Morgan fingerprint density at radius 1 is 1.38 bits per heavy atom. The summed E-state index contributed by atoms with van der Waals surface area (Å²) >= 11 is 0. The van der Waals surface area contributed by atoms with E-state index < -0.39 is 6.10 Å². The predicted molar refractivity (Wildman–Crippen MR) is 97.5 cm³/mol. The maximum Gasteiger partial charge on any atom is 0.224 e. The van der Waals surface area contributed by atoms with Gasteiger partial charge >= 0.3 is 0 Å². The minimum atomic E-state index is -0.428. The van der Waals surface area contributed by atoms with Gasteiger partial charge in [0.25, 0.3) is 0 Å². The van der Waals surface area contributed by atoms with Gasteiger partial charge in [0.15, 0.2) is 0 Å². The van der Waals surface area contributed by atoms with Crippen molar-refractivity contribution in [3.63, 3.8) is 0 Å². The molecule has 1 aromatic carbocycles. The first kappa shape index (κ1) is 16.8. The van der Waals surface area contributed by atoms with Gasteiger partial charge in [0.1, 0.15) is 12.2 Å². The second kappa shape index (κ2) is 6.92. The number of H-pyrrole nitrogens is 1. The minimum Gasteiger partial charge on any atom is -0.393 e. The van der Waals surface area contributed by atoms with Crippen molar-refractivity contribution in [3.05, 3.63) is 48.2 Å². The van der Waals surface area contributed by atoms with Crippen LogP contribution in [0, 0.1) is 5.92 Å². The van der Waals surface area contributed by atoms with Crippen molar-refractivity contribution in [2.24, 2.45) is 13.0 Å². The van der Waals surface area contributed by atoms with Gasteiger partial charge in [-0.15, -0.1) is 0 Å². The summed E-state index contributed by atoms with van der Waals surface area (Å²) in [5, 5.41) is 21.1. The van der Waals surface area contributed by atoms with E-state index in [1.807, 2.05) is 36.0 Å². The van der Waals surface area contributed by atoms with Crippen LogP contribution in [0.3, 0.4) is 0 Å². The van der Waals surface area contributed by atoms with E-state index in [2.05, 4.69) is 26.6 Å². The summed E-state index contributed by atoms with van der Waals surface area (Å²) in [7, 11) is 1.99. The van der Waals surface area contributed by atoms with E-state index in [0.717, 1.165) is 28.7 Å². The highest BCUT2D eigenvalue weighted by atomic mass is 16.3. The molecule has 3 aromatic rings. The lowest BCUT2D eigenvalue weighted by Gasteiger charge is -2.15. The normalized spacial score (nSPS) is 22.8. The van der Waals surface area contributed by atoms with Crippen LogP contribution in [0.5, 0.6) is 0 Å². The van der Waals surface area contributed by atoms with Gasteiger partial charge in [-0.05, 0) is 24.5 Å². The average Bonchev–Trinajstić information content (AvgIpc) is 3.34. The Balaban J connectivity index is 1.35. The molecule has 0 saturated heterocycles. The third kappa shape index (κ3) is 3.22. The highest BCUT2D eigenvalue weighted by Gasteiger charge is 2.35. The number of nitrogens with one attached hydrogen (secondary N) is 2. The van der Waals surface area contributed by atoms with Crippen molar-refractivity contribution in [1.29, 1.82) is 0 Å². The first-order valence-electron chi connectivity index (χ1n) is 8.94. The summed E-state index contributed by atoms with van der Waals surface area (Å²) in [5.41, 5.74) is 2.14. The number of aromatic nitrogens is 4. The van der Waals surface area contributed by atoms with Gasteiger partial charge in [0.05, 0.1) is 12.5 Å². The van der Waals surface area contributed by atoms with Crippen molar-refractivity contribution >= 4 is 16.8 Å². The number of rotatable bonds is 5. The molecule has 26 heavy (non-hydrogen) atoms. The van der Waals surface area contributed by atoms with Crippen LogP contribution in [0.25, 0.3) is 10.9 Å². The number of carbonyl (C=O) groups excluding carboxylic acids is 1. The van der Waals surface area contributed by atoms with Gasteiger partial charge in [0, 0.05) is 42.5 Å². The average molecular weight is 353 g/mol. The Morgan fingerprint density at radius 2 is 2.23 bits per heavy atom. The van der Waals surface area contributed by atoms with Gasteiger partial charge in [-0.25, -0.2) is 4.98 Å². The fourth-order valence-corrected chi connectivity index (χ4v) is 4.00. The Hall–Kier alpha value is -2.67.